The summed E-state index contributed by atoms with van der Waals surface area (Å²) >= 11 is 0. The number of ether oxygens (including phenoxy) is 2. The van der Waals surface area contributed by atoms with E-state index < -0.39 is 0 Å². The molecule has 2 aliphatic rings. The highest BCUT2D eigenvalue weighted by atomic mass is 35.5. The average Bonchev–Trinajstić information content (AvgIpc) is 3.20. The average molecular weight is 423 g/mol. The lowest BCUT2D eigenvalue weighted by Crippen LogP contribution is -2.34. The molecular formula is C19H27ClN6O3. The van der Waals surface area contributed by atoms with E-state index in [0.717, 1.165) is 38.0 Å². The number of benzene rings is 1. The number of carbonyl (C=O) groups is 1. The van der Waals surface area contributed by atoms with Gasteiger partial charge in [-0.25, -0.2) is 0 Å². The Balaban J connectivity index is 0.00000240. The molecule has 10 heteroatoms. The van der Waals surface area contributed by atoms with Crippen LogP contribution in [0.2, 0.25) is 0 Å². The number of hydrogen-bond acceptors (Lipinski definition) is 7. The largest absolute Gasteiger partial charge is 0.497 e. The van der Waals surface area contributed by atoms with Crippen LogP contribution in [0.1, 0.15) is 25.1 Å². The highest BCUT2D eigenvalue weighted by Crippen LogP contribution is 2.59. The molecule has 29 heavy (non-hydrogen) atoms. The fourth-order valence-electron chi connectivity index (χ4n) is 4.15. The molecule has 4 rings (SSSR count). The molecule has 1 atom stereocenters. The van der Waals surface area contributed by atoms with Crippen LogP contribution in [0.5, 0.6) is 11.5 Å². The van der Waals surface area contributed by atoms with Gasteiger partial charge in [0.1, 0.15) is 11.5 Å². The number of carbonyl (C=O) groups excluding carboxylic acids is 1. The van der Waals surface area contributed by atoms with Crippen LogP contribution in [0.3, 0.4) is 0 Å². The highest BCUT2D eigenvalue weighted by Gasteiger charge is 2.58. The van der Waals surface area contributed by atoms with Crippen molar-refractivity contribution in [3.8, 4) is 17.2 Å². The molecule has 1 saturated carbocycles. The van der Waals surface area contributed by atoms with Crippen molar-refractivity contribution >= 4 is 18.3 Å². The van der Waals surface area contributed by atoms with Crippen molar-refractivity contribution in [1.29, 1.82) is 0 Å². The minimum Gasteiger partial charge on any atom is -0.497 e. The SMILES string of the molecule is COc1cc(OC)cc(-n2nnnc2CN(C)C(=O)C2CC23CCNCC3)c1.Cl. The number of piperidine rings is 1. The summed E-state index contributed by atoms with van der Waals surface area (Å²) in [6, 6.07) is 5.44. The Kier molecular flexibility index (Phi) is 6.28. The summed E-state index contributed by atoms with van der Waals surface area (Å²) in [6.07, 6.45) is 3.16. The fourth-order valence-corrected chi connectivity index (χ4v) is 4.15. The molecule has 1 aromatic carbocycles. The van der Waals surface area contributed by atoms with Crippen LogP contribution < -0.4 is 14.8 Å². The number of rotatable bonds is 6. The van der Waals surface area contributed by atoms with E-state index in [9.17, 15) is 4.79 Å². The molecule has 1 aromatic heterocycles. The number of amides is 1. The molecule has 1 unspecified atom stereocenters. The Morgan fingerprint density at radius 2 is 1.90 bits per heavy atom. The summed E-state index contributed by atoms with van der Waals surface area (Å²) < 4.78 is 12.3. The quantitative estimate of drug-likeness (QED) is 0.752. The van der Waals surface area contributed by atoms with Gasteiger partial charge in [0.05, 0.1) is 26.5 Å². The van der Waals surface area contributed by atoms with Gasteiger partial charge in [0.2, 0.25) is 5.91 Å². The lowest BCUT2D eigenvalue weighted by Gasteiger charge is -2.25. The van der Waals surface area contributed by atoms with Crippen molar-refractivity contribution in [3.05, 3.63) is 24.0 Å². The van der Waals surface area contributed by atoms with E-state index in [4.69, 9.17) is 9.47 Å². The van der Waals surface area contributed by atoms with Crippen molar-refractivity contribution < 1.29 is 14.3 Å². The monoisotopic (exact) mass is 422 g/mol. The van der Waals surface area contributed by atoms with E-state index >= 15 is 0 Å². The molecule has 0 bridgehead atoms. The lowest BCUT2D eigenvalue weighted by molar-refractivity contribution is -0.133. The van der Waals surface area contributed by atoms with Crippen LogP contribution in [0.4, 0.5) is 0 Å². The van der Waals surface area contributed by atoms with Crippen molar-refractivity contribution in [3.63, 3.8) is 0 Å². The van der Waals surface area contributed by atoms with Gasteiger partial charge in [-0.15, -0.1) is 17.5 Å². The van der Waals surface area contributed by atoms with Crippen molar-refractivity contribution in [2.24, 2.45) is 11.3 Å². The summed E-state index contributed by atoms with van der Waals surface area (Å²) in [5, 5.41) is 15.4. The first-order chi connectivity index (χ1) is 13.6. The second-order valence-corrected chi connectivity index (χ2v) is 7.64. The van der Waals surface area contributed by atoms with Crippen LogP contribution in [0.25, 0.3) is 5.69 Å². The van der Waals surface area contributed by atoms with Crippen molar-refractivity contribution in [1.82, 2.24) is 30.4 Å². The van der Waals surface area contributed by atoms with Crippen LogP contribution >= 0.6 is 12.4 Å². The Morgan fingerprint density at radius 1 is 1.24 bits per heavy atom. The number of nitrogens with one attached hydrogen (secondary N) is 1. The highest BCUT2D eigenvalue weighted by molar-refractivity contribution is 5.85. The maximum Gasteiger partial charge on any atom is 0.226 e. The normalized spacial score (nSPS) is 19.3. The Bertz CT molecular complexity index is 845. The summed E-state index contributed by atoms with van der Waals surface area (Å²) in [4.78, 5) is 14.7. The van der Waals surface area contributed by atoms with E-state index in [1.54, 1.807) is 29.9 Å². The molecule has 2 aromatic rings. The Labute approximate surface area is 176 Å². The maximum atomic E-state index is 12.9. The molecule has 1 N–H and O–H groups in total. The molecular weight excluding hydrogens is 396 g/mol. The molecule has 1 amide bonds. The molecule has 1 spiro atoms. The van der Waals surface area contributed by atoms with Gasteiger partial charge in [-0.2, -0.15) is 4.68 Å². The van der Waals surface area contributed by atoms with Crippen molar-refractivity contribution in [2.75, 3.05) is 34.4 Å². The predicted octanol–water partition coefficient (Wildman–Crippen LogP) is 1.45. The molecule has 0 radical (unpaired) electrons. The molecule has 1 saturated heterocycles. The Hall–Kier alpha value is -2.39. The van der Waals surface area contributed by atoms with Gasteiger partial charge in [0.15, 0.2) is 5.82 Å². The molecule has 2 fully saturated rings. The summed E-state index contributed by atoms with van der Waals surface area (Å²) in [5.74, 6) is 2.18. The van der Waals surface area contributed by atoms with E-state index in [-0.39, 0.29) is 29.6 Å². The predicted molar refractivity (Wildman–Crippen MR) is 109 cm³/mol. The van der Waals surface area contributed by atoms with Gasteiger partial charge in [0.25, 0.3) is 0 Å². The van der Waals surface area contributed by atoms with E-state index in [1.807, 2.05) is 19.2 Å². The molecule has 158 valence electrons. The number of nitrogens with zero attached hydrogens (tertiary/aromatic N) is 5. The molecule has 1 aliphatic heterocycles. The zero-order valence-corrected chi connectivity index (χ0v) is 17.7. The smallest absolute Gasteiger partial charge is 0.226 e. The number of methoxy groups -OCH3 is 2. The van der Waals surface area contributed by atoms with Gasteiger partial charge >= 0.3 is 0 Å². The standard InChI is InChI=1S/C19H26N6O3.ClH/c1-24(18(26)16-11-19(16)4-6-20-7-5-19)12-17-21-22-23-25(17)13-8-14(27-2)10-15(9-13)28-3;/h8-10,16,20H,4-7,11-12H2,1-3H3;1H. The number of aromatic nitrogens is 4. The van der Waals surface area contributed by atoms with E-state index in [0.29, 0.717) is 23.9 Å². The van der Waals surface area contributed by atoms with Gasteiger partial charge in [-0.1, -0.05) is 0 Å². The molecule has 1 aliphatic carbocycles. The van der Waals surface area contributed by atoms with Crippen LogP contribution in [-0.2, 0) is 11.3 Å². The lowest BCUT2D eigenvalue weighted by atomic mass is 9.91. The first kappa shape index (κ1) is 21.3. The third-order valence-corrected chi connectivity index (χ3v) is 5.96. The second-order valence-electron chi connectivity index (χ2n) is 7.64. The Morgan fingerprint density at radius 3 is 2.52 bits per heavy atom. The maximum absolute atomic E-state index is 12.9. The summed E-state index contributed by atoms with van der Waals surface area (Å²) in [6.45, 7) is 2.35. The topological polar surface area (TPSA) is 94.4 Å². The van der Waals surface area contributed by atoms with Crippen LogP contribution in [0.15, 0.2) is 18.2 Å². The van der Waals surface area contributed by atoms with Gasteiger partial charge < -0.3 is 19.7 Å². The number of tetrazole rings is 1. The van der Waals surface area contributed by atoms with Gasteiger partial charge in [-0.05, 0) is 48.2 Å². The van der Waals surface area contributed by atoms with Crippen LogP contribution in [-0.4, -0.2) is 65.4 Å². The van der Waals surface area contributed by atoms with Gasteiger partial charge in [-0.3, -0.25) is 4.79 Å². The first-order valence-electron chi connectivity index (χ1n) is 9.53. The zero-order chi connectivity index (χ0) is 19.7. The third kappa shape index (κ3) is 4.16. The van der Waals surface area contributed by atoms with E-state index in [2.05, 4.69) is 20.8 Å². The van der Waals surface area contributed by atoms with Gasteiger partial charge in [0, 0.05) is 31.2 Å². The minimum absolute atomic E-state index is 0. The molecule has 9 nitrogen and oxygen atoms in total. The minimum atomic E-state index is 0. The second kappa shape index (κ2) is 8.54. The fraction of sp³-hybridized carbons (Fsp3) is 0.579. The van der Waals surface area contributed by atoms with Crippen LogP contribution in [0, 0.1) is 11.3 Å². The molecule has 2 heterocycles. The first-order valence-corrected chi connectivity index (χ1v) is 9.53. The third-order valence-electron chi connectivity index (χ3n) is 5.96. The zero-order valence-electron chi connectivity index (χ0n) is 16.9. The summed E-state index contributed by atoms with van der Waals surface area (Å²) in [5.41, 5.74) is 0.932. The number of hydrogen-bond donors (Lipinski definition) is 1. The van der Waals surface area contributed by atoms with Crippen molar-refractivity contribution in [2.45, 2.75) is 25.8 Å². The number of halogens is 1. The van der Waals surface area contributed by atoms with E-state index in [1.165, 1.54) is 0 Å². The summed E-state index contributed by atoms with van der Waals surface area (Å²) in [7, 11) is 5.01.